The van der Waals surface area contributed by atoms with Crippen LogP contribution in [-0.4, -0.2) is 10.8 Å². The second kappa shape index (κ2) is 5.49. The third kappa shape index (κ3) is 3.18. The van der Waals surface area contributed by atoms with Crippen molar-refractivity contribution in [1.29, 1.82) is 0 Å². The number of nitrogens with zero attached hydrogens (tertiary/aromatic N) is 1. The molecule has 0 saturated carbocycles. The van der Waals surface area contributed by atoms with Crippen LogP contribution in [0.4, 0.5) is 4.39 Å². The van der Waals surface area contributed by atoms with E-state index in [-0.39, 0.29) is 17.2 Å². The third-order valence-electron chi connectivity index (χ3n) is 2.83. The van der Waals surface area contributed by atoms with Crippen molar-refractivity contribution >= 4 is 17.4 Å². The van der Waals surface area contributed by atoms with Gasteiger partial charge in [0.2, 0.25) is 0 Å². The lowest BCUT2D eigenvalue weighted by Gasteiger charge is -2.05. The van der Waals surface area contributed by atoms with Crippen LogP contribution < -0.4 is 0 Å². The van der Waals surface area contributed by atoms with Crippen LogP contribution in [0.25, 0.3) is 0 Å². The Kier molecular flexibility index (Phi) is 3.96. The Labute approximate surface area is 116 Å². The highest BCUT2D eigenvalue weighted by Gasteiger charge is 2.12. The fraction of sp³-hybridized carbons (Fsp3) is 0.200. The second-order valence-corrected chi connectivity index (χ2v) is 4.93. The molecule has 0 aliphatic carbocycles. The van der Waals surface area contributed by atoms with E-state index < -0.39 is 5.82 Å². The average Bonchev–Trinajstić information content (AvgIpc) is 2.33. The monoisotopic (exact) mass is 277 g/mol. The van der Waals surface area contributed by atoms with E-state index in [0.717, 1.165) is 11.1 Å². The minimum atomic E-state index is -0.484. The minimum Gasteiger partial charge on any atom is -0.292 e. The summed E-state index contributed by atoms with van der Waals surface area (Å²) in [7, 11) is 0. The number of hydrogen-bond donors (Lipinski definition) is 0. The van der Waals surface area contributed by atoms with Crippen molar-refractivity contribution in [3.8, 4) is 0 Å². The van der Waals surface area contributed by atoms with Crippen LogP contribution in [0, 0.1) is 19.7 Å². The van der Waals surface area contributed by atoms with Gasteiger partial charge in [-0.15, -0.1) is 0 Å². The average molecular weight is 278 g/mol. The summed E-state index contributed by atoms with van der Waals surface area (Å²) in [5.74, 6) is -0.581. The first-order valence-corrected chi connectivity index (χ1v) is 6.25. The number of Topliss-reactive ketones (excluding diaryl/α,β-unsaturated/α-hetero) is 1. The highest BCUT2D eigenvalue weighted by Crippen LogP contribution is 2.18. The van der Waals surface area contributed by atoms with Crippen molar-refractivity contribution in [2.75, 3.05) is 0 Å². The van der Waals surface area contributed by atoms with Gasteiger partial charge < -0.3 is 0 Å². The number of rotatable bonds is 3. The van der Waals surface area contributed by atoms with E-state index in [2.05, 4.69) is 4.98 Å². The zero-order valence-corrected chi connectivity index (χ0v) is 11.5. The Hall–Kier alpha value is -1.74. The lowest BCUT2D eigenvalue weighted by Crippen LogP contribution is -2.08. The van der Waals surface area contributed by atoms with Crippen LogP contribution in [0.1, 0.15) is 27.2 Å². The molecule has 2 rings (SSSR count). The summed E-state index contributed by atoms with van der Waals surface area (Å²) in [4.78, 5) is 16.3. The van der Waals surface area contributed by atoms with Crippen molar-refractivity contribution in [1.82, 2.24) is 4.98 Å². The zero-order chi connectivity index (χ0) is 14.0. The van der Waals surface area contributed by atoms with Crippen molar-refractivity contribution < 1.29 is 9.18 Å². The number of benzene rings is 1. The number of pyridine rings is 1. The lowest BCUT2D eigenvalue weighted by molar-refractivity contribution is 0.0987. The van der Waals surface area contributed by atoms with Gasteiger partial charge in [-0.05, 0) is 42.7 Å². The largest absolute Gasteiger partial charge is 0.292 e. The van der Waals surface area contributed by atoms with E-state index in [4.69, 9.17) is 11.6 Å². The molecule has 2 aromatic rings. The quantitative estimate of drug-likeness (QED) is 0.796. The van der Waals surface area contributed by atoms with Crippen LogP contribution in [0.3, 0.4) is 0 Å². The molecule has 0 radical (unpaired) electrons. The summed E-state index contributed by atoms with van der Waals surface area (Å²) in [6.07, 6.45) is 1.83. The van der Waals surface area contributed by atoms with E-state index in [0.29, 0.717) is 11.3 Å². The molecule has 0 spiro atoms. The Bertz CT molecular complexity index is 640. The molecule has 1 aromatic heterocycles. The number of hydrogen-bond acceptors (Lipinski definition) is 2. The number of ketones is 1. The molecule has 0 fully saturated rings. The molecular formula is C15H13ClFNO. The van der Waals surface area contributed by atoms with Gasteiger partial charge in [0, 0.05) is 12.6 Å². The molecule has 1 heterocycles. The first-order valence-electron chi connectivity index (χ1n) is 5.88. The molecule has 0 N–H and O–H groups in total. The number of carbonyl (C=O) groups is 1. The highest BCUT2D eigenvalue weighted by atomic mass is 35.5. The lowest BCUT2D eigenvalue weighted by atomic mass is 10.0. The first-order chi connectivity index (χ1) is 8.97. The highest BCUT2D eigenvalue weighted by molar-refractivity contribution is 6.30. The number of halogens is 2. The maximum absolute atomic E-state index is 13.0. The fourth-order valence-electron chi connectivity index (χ4n) is 1.93. The molecule has 0 aliphatic rings. The van der Waals surface area contributed by atoms with Gasteiger partial charge in [0.05, 0.1) is 5.02 Å². The van der Waals surface area contributed by atoms with Gasteiger partial charge in [0.25, 0.3) is 0 Å². The predicted octanol–water partition coefficient (Wildman–Crippen LogP) is 3.92. The zero-order valence-electron chi connectivity index (χ0n) is 10.7. The van der Waals surface area contributed by atoms with E-state index in [1.54, 1.807) is 12.3 Å². The summed E-state index contributed by atoms with van der Waals surface area (Å²) in [6, 6.07) is 6.21. The Morgan fingerprint density at radius 2 is 2.05 bits per heavy atom. The normalized spacial score (nSPS) is 10.5. The Morgan fingerprint density at radius 1 is 1.32 bits per heavy atom. The van der Waals surface area contributed by atoms with E-state index in [9.17, 15) is 9.18 Å². The minimum absolute atomic E-state index is 0.0267. The van der Waals surface area contributed by atoms with Gasteiger partial charge >= 0.3 is 0 Å². The Balaban J connectivity index is 2.23. The summed E-state index contributed by atoms with van der Waals surface area (Å²) in [5.41, 5.74) is 2.99. The summed E-state index contributed by atoms with van der Waals surface area (Å²) < 4.78 is 13.0. The predicted molar refractivity (Wildman–Crippen MR) is 73.2 cm³/mol. The molecule has 19 heavy (non-hydrogen) atoms. The molecular weight excluding hydrogens is 265 g/mol. The van der Waals surface area contributed by atoms with E-state index in [1.807, 2.05) is 19.9 Å². The molecule has 4 heteroatoms. The second-order valence-electron chi connectivity index (χ2n) is 4.53. The number of carbonyl (C=O) groups excluding carboxylic acids is 1. The molecule has 98 valence electrons. The molecule has 0 amide bonds. The standard InChI is InChI=1S/C15H13ClFNO/c1-9-5-10(2)15(18-8-9)14(19)7-11-3-4-13(17)12(16)6-11/h3-6,8H,7H2,1-2H3. The number of aryl methyl sites for hydroxylation is 2. The summed E-state index contributed by atoms with van der Waals surface area (Å²) in [6.45, 7) is 3.78. The molecule has 2 nitrogen and oxygen atoms in total. The maximum atomic E-state index is 13.0. The van der Waals surface area contributed by atoms with Crippen molar-refractivity contribution in [2.45, 2.75) is 20.3 Å². The van der Waals surface area contributed by atoms with E-state index in [1.165, 1.54) is 12.1 Å². The smallest absolute Gasteiger partial charge is 0.185 e. The van der Waals surface area contributed by atoms with Gasteiger partial charge in [0.15, 0.2) is 5.78 Å². The van der Waals surface area contributed by atoms with Crippen LogP contribution in [0.5, 0.6) is 0 Å². The fourth-order valence-corrected chi connectivity index (χ4v) is 2.13. The van der Waals surface area contributed by atoms with Crippen molar-refractivity contribution in [3.05, 3.63) is 63.7 Å². The van der Waals surface area contributed by atoms with Gasteiger partial charge in [-0.1, -0.05) is 23.7 Å². The van der Waals surface area contributed by atoms with Gasteiger partial charge in [0.1, 0.15) is 11.5 Å². The van der Waals surface area contributed by atoms with Crippen LogP contribution in [0.2, 0.25) is 5.02 Å². The van der Waals surface area contributed by atoms with Crippen LogP contribution in [0.15, 0.2) is 30.5 Å². The summed E-state index contributed by atoms with van der Waals surface area (Å²) >= 11 is 5.69. The number of aromatic nitrogens is 1. The van der Waals surface area contributed by atoms with Crippen LogP contribution >= 0.6 is 11.6 Å². The van der Waals surface area contributed by atoms with Crippen molar-refractivity contribution in [3.63, 3.8) is 0 Å². The SMILES string of the molecule is Cc1cnc(C(=O)Cc2ccc(F)c(Cl)c2)c(C)c1. The molecule has 0 atom stereocenters. The molecule has 0 bridgehead atoms. The van der Waals surface area contributed by atoms with Gasteiger partial charge in [-0.2, -0.15) is 0 Å². The Morgan fingerprint density at radius 3 is 2.68 bits per heavy atom. The molecule has 0 unspecified atom stereocenters. The van der Waals surface area contributed by atoms with Crippen LogP contribution in [-0.2, 0) is 6.42 Å². The molecule has 1 aromatic carbocycles. The topological polar surface area (TPSA) is 30.0 Å². The first kappa shape index (κ1) is 13.7. The maximum Gasteiger partial charge on any atom is 0.185 e. The van der Waals surface area contributed by atoms with E-state index >= 15 is 0 Å². The summed E-state index contributed by atoms with van der Waals surface area (Å²) in [5, 5.41) is 0.0267. The van der Waals surface area contributed by atoms with Crippen molar-refractivity contribution in [2.24, 2.45) is 0 Å². The van der Waals surface area contributed by atoms with Gasteiger partial charge in [-0.25, -0.2) is 4.39 Å². The molecule has 0 aliphatic heterocycles. The van der Waals surface area contributed by atoms with Gasteiger partial charge in [-0.3, -0.25) is 9.78 Å². The third-order valence-corrected chi connectivity index (χ3v) is 3.12. The molecule has 0 saturated heterocycles.